The van der Waals surface area contributed by atoms with E-state index >= 15 is 0 Å². The number of rotatable bonds is 7. The molecule has 0 heterocycles. The molecule has 0 radical (unpaired) electrons. The fraction of sp³-hybridized carbons (Fsp3) is 0.316. The van der Waals surface area contributed by atoms with Crippen LogP contribution in [0.5, 0.6) is 0 Å². The van der Waals surface area contributed by atoms with Crippen molar-refractivity contribution in [3.8, 4) is 0 Å². The van der Waals surface area contributed by atoms with Crippen molar-refractivity contribution in [2.45, 2.75) is 41.9 Å². The van der Waals surface area contributed by atoms with E-state index in [-0.39, 0.29) is 22.1 Å². The van der Waals surface area contributed by atoms with Crippen molar-refractivity contribution in [1.82, 2.24) is 4.31 Å². The number of hydrogen-bond acceptors (Lipinski definition) is 4. The van der Waals surface area contributed by atoms with Crippen LogP contribution in [0.3, 0.4) is 0 Å². The second-order valence-electron chi connectivity index (χ2n) is 6.20. The van der Waals surface area contributed by atoms with E-state index in [1.165, 1.54) is 28.2 Å². The van der Waals surface area contributed by atoms with Gasteiger partial charge in [0.15, 0.2) is 0 Å². The molecule has 0 fully saturated rings. The normalized spacial score (nSPS) is 13.0. The SMILES string of the molecule is CC(Sc1ccccc1)C(=O)Nc1ccc(S(=O)(=O)N(C)C(C)C)cc1. The number of thioether (sulfide) groups is 1. The van der Waals surface area contributed by atoms with Gasteiger partial charge in [-0.3, -0.25) is 4.79 Å². The summed E-state index contributed by atoms with van der Waals surface area (Å²) in [4.78, 5) is 13.6. The summed E-state index contributed by atoms with van der Waals surface area (Å²) in [6.07, 6.45) is 0. The van der Waals surface area contributed by atoms with Gasteiger partial charge in [0.1, 0.15) is 0 Å². The van der Waals surface area contributed by atoms with Crippen LogP contribution >= 0.6 is 11.8 Å². The summed E-state index contributed by atoms with van der Waals surface area (Å²) in [6.45, 7) is 5.47. The van der Waals surface area contributed by atoms with Crippen LogP contribution in [0.1, 0.15) is 20.8 Å². The Morgan fingerprint density at radius 3 is 2.12 bits per heavy atom. The zero-order valence-corrected chi connectivity index (χ0v) is 17.0. The molecular weight excluding hydrogens is 368 g/mol. The molecule has 26 heavy (non-hydrogen) atoms. The zero-order chi connectivity index (χ0) is 19.3. The van der Waals surface area contributed by atoms with Gasteiger partial charge in [-0.15, -0.1) is 11.8 Å². The molecule has 0 saturated heterocycles. The van der Waals surface area contributed by atoms with Gasteiger partial charge < -0.3 is 5.32 Å². The second kappa shape index (κ2) is 8.70. The molecule has 0 bridgehead atoms. The van der Waals surface area contributed by atoms with Crippen molar-refractivity contribution >= 4 is 33.4 Å². The van der Waals surface area contributed by atoms with Gasteiger partial charge in [0, 0.05) is 23.7 Å². The van der Waals surface area contributed by atoms with Gasteiger partial charge in [-0.25, -0.2) is 8.42 Å². The monoisotopic (exact) mass is 392 g/mol. The summed E-state index contributed by atoms with van der Waals surface area (Å²) < 4.78 is 26.2. The van der Waals surface area contributed by atoms with Crippen LogP contribution in [0.25, 0.3) is 0 Å². The molecule has 2 rings (SSSR count). The third-order valence-electron chi connectivity index (χ3n) is 3.95. The van der Waals surface area contributed by atoms with Gasteiger partial charge in [0.25, 0.3) is 0 Å². The quantitative estimate of drug-likeness (QED) is 0.727. The first-order chi connectivity index (χ1) is 12.2. The highest BCUT2D eigenvalue weighted by molar-refractivity contribution is 8.00. The van der Waals surface area contributed by atoms with E-state index in [2.05, 4.69) is 5.32 Å². The Hall–Kier alpha value is -1.83. The molecule has 1 amide bonds. The zero-order valence-electron chi connectivity index (χ0n) is 15.3. The molecule has 1 N–H and O–H groups in total. The highest BCUT2D eigenvalue weighted by Crippen LogP contribution is 2.24. The maximum atomic E-state index is 12.5. The fourth-order valence-electron chi connectivity index (χ4n) is 2.15. The Bertz CT molecular complexity index is 835. The molecule has 140 valence electrons. The Labute approximate surface area is 159 Å². The molecule has 0 saturated carbocycles. The second-order valence-corrected chi connectivity index (χ2v) is 9.61. The van der Waals surface area contributed by atoms with Crippen molar-refractivity contribution in [2.24, 2.45) is 0 Å². The number of benzene rings is 2. The Morgan fingerprint density at radius 2 is 1.58 bits per heavy atom. The molecule has 2 aromatic carbocycles. The van der Waals surface area contributed by atoms with Crippen LogP contribution < -0.4 is 5.32 Å². The molecular formula is C19H24N2O3S2. The van der Waals surface area contributed by atoms with Crippen LogP contribution in [-0.4, -0.2) is 37.0 Å². The van der Waals surface area contributed by atoms with Crippen LogP contribution in [0.15, 0.2) is 64.4 Å². The number of carbonyl (C=O) groups excluding carboxylic acids is 1. The predicted octanol–water partition coefficient (Wildman–Crippen LogP) is 3.83. The minimum absolute atomic E-state index is 0.129. The number of nitrogens with one attached hydrogen (secondary N) is 1. The topological polar surface area (TPSA) is 66.5 Å². The van der Waals surface area contributed by atoms with E-state index in [4.69, 9.17) is 0 Å². The summed E-state index contributed by atoms with van der Waals surface area (Å²) in [7, 11) is -1.97. The van der Waals surface area contributed by atoms with Crippen LogP contribution in [0.4, 0.5) is 5.69 Å². The lowest BCUT2D eigenvalue weighted by atomic mass is 10.3. The molecule has 5 nitrogen and oxygen atoms in total. The first kappa shape index (κ1) is 20.5. The largest absolute Gasteiger partial charge is 0.325 e. The fourth-order valence-corrected chi connectivity index (χ4v) is 4.41. The molecule has 0 aromatic heterocycles. The lowest BCUT2D eigenvalue weighted by Crippen LogP contribution is -2.33. The molecule has 1 atom stereocenters. The van der Waals surface area contributed by atoms with E-state index in [9.17, 15) is 13.2 Å². The van der Waals surface area contributed by atoms with Crippen molar-refractivity contribution < 1.29 is 13.2 Å². The average Bonchev–Trinajstić information content (AvgIpc) is 2.62. The number of hydrogen-bond donors (Lipinski definition) is 1. The van der Waals surface area contributed by atoms with E-state index < -0.39 is 10.0 Å². The van der Waals surface area contributed by atoms with Gasteiger partial charge in [0.2, 0.25) is 15.9 Å². The average molecular weight is 393 g/mol. The highest BCUT2D eigenvalue weighted by atomic mass is 32.2. The third kappa shape index (κ3) is 5.09. The molecule has 0 spiro atoms. The third-order valence-corrected chi connectivity index (χ3v) is 7.11. The number of carbonyl (C=O) groups is 1. The van der Waals surface area contributed by atoms with Crippen molar-refractivity contribution in [2.75, 3.05) is 12.4 Å². The number of sulfonamides is 1. The van der Waals surface area contributed by atoms with Crippen LogP contribution in [-0.2, 0) is 14.8 Å². The lowest BCUT2D eigenvalue weighted by molar-refractivity contribution is -0.115. The molecule has 7 heteroatoms. The van der Waals surface area contributed by atoms with Gasteiger partial charge in [-0.05, 0) is 57.2 Å². The van der Waals surface area contributed by atoms with E-state index in [1.54, 1.807) is 19.2 Å². The van der Waals surface area contributed by atoms with Crippen molar-refractivity contribution in [3.05, 3.63) is 54.6 Å². The first-order valence-electron chi connectivity index (χ1n) is 8.32. The summed E-state index contributed by atoms with van der Waals surface area (Å²) in [5.74, 6) is -0.131. The number of nitrogens with zero attached hydrogens (tertiary/aromatic N) is 1. The minimum Gasteiger partial charge on any atom is -0.325 e. The summed E-state index contributed by atoms with van der Waals surface area (Å²) in [5, 5.41) is 2.55. The summed E-state index contributed by atoms with van der Waals surface area (Å²) in [5.41, 5.74) is 0.571. The molecule has 2 aromatic rings. The Balaban J connectivity index is 2.03. The van der Waals surface area contributed by atoms with E-state index in [1.807, 2.05) is 51.1 Å². The first-order valence-corrected chi connectivity index (χ1v) is 10.6. The Morgan fingerprint density at radius 1 is 1.00 bits per heavy atom. The van der Waals surface area contributed by atoms with Crippen LogP contribution in [0.2, 0.25) is 0 Å². The maximum Gasteiger partial charge on any atom is 0.243 e. The minimum atomic E-state index is -3.52. The van der Waals surface area contributed by atoms with Gasteiger partial charge in [0.05, 0.1) is 10.1 Å². The van der Waals surface area contributed by atoms with Crippen LogP contribution in [0, 0.1) is 0 Å². The Kier molecular flexibility index (Phi) is 6.86. The van der Waals surface area contributed by atoms with Crippen molar-refractivity contribution in [1.29, 1.82) is 0 Å². The molecule has 0 aliphatic carbocycles. The summed E-state index contributed by atoms with van der Waals surface area (Å²) >= 11 is 1.47. The summed E-state index contributed by atoms with van der Waals surface area (Å²) in [6, 6.07) is 15.8. The van der Waals surface area contributed by atoms with Gasteiger partial charge >= 0.3 is 0 Å². The highest BCUT2D eigenvalue weighted by Gasteiger charge is 2.23. The molecule has 0 aliphatic heterocycles. The van der Waals surface area contributed by atoms with E-state index in [0.717, 1.165) is 4.90 Å². The van der Waals surface area contributed by atoms with E-state index in [0.29, 0.717) is 5.69 Å². The van der Waals surface area contributed by atoms with Gasteiger partial charge in [-0.1, -0.05) is 18.2 Å². The molecule has 0 aliphatic rings. The number of anilines is 1. The predicted molar refractivity (Wildman–Crippen MR) is 107 cm³/mol. The van der Waals surface area contributed by atoms with Gasteiger partial charge in [-0.2, -0.15) is 4.31 Å². The van der Waals surface area contributed by atoms with Crippen molar-refractivity contribution in [3.63, 3.8) is 0 Å². The number of amides is 1. The lowest BCUT2D eigenvalue weighted by Gasteiger charge is -2.21. The standard InChI is InChI=1S/C19H24N2O3S2/c1-14(2)21(4)26(23,24)18-12-10-16(11-13-18)20-19(22)15(3)25-17-8-6-5-7-9-17/h5-15H,1-4H3,(H,20,22). The maximum absolute atomic E-state index is 12.5. The molecule has 1 unspecified atom stereocenters. The smallest absolute Gasteiger partial charge is 0.243 e.